The molecule has 4 rings (SSSR count). The first kappa shape index (κ1) is 20.1. The molecule has 150 valence electrons. The zero-order valence-electron chi connectivity index (χ0n) is 15.4. The lowest BCUT2D eigenvalue weighted by Gasteiger charge is -2.41. The summed E-state index contributed by atoms with van der Waals surface area (Å²) in [5.41, 5.74) is 3.13. The highest BCUT2D eigenvalue weighted by atomic mass is 35.5. The number of benzene rings is 2. The van der Waals surface area contributed by atoms with Crippen LogP contribution >= 0.6 is 34.8 Å². The fraction of sp³-hybridized carbons (Fsp3) is 0.238. The summed E-state index contributed by atoms with van der Waals surface area (Å²) in [4.78, 5) is 30.4. The summed E-state index contributed by atoms with van der Waals surface area (Å²) in [6.07, 6.45) is 0.299. The number of para-hydroxylation sites is 1. The number of nitrogens with zero attached hydrogens (tertiary/aromatic N) is 1. The topological polar surface area (TPSA) is 62.4 Å². The van der Waals surface area contributed by atoms with Crippen molar-refractivity contribution in [2.45, 2.75) is 18.5 Å². The number of hydrogen-bond acceptors (Lipinski definition) is 3. The molecule has 29 heavy (non-hydrogen) atoms. The summed E-state index contributed by atoms with van der Waals surface area (Å²) in [5, 5.41) is 1.76. The molecule has 1 aliphatic rings. The molecule has 0 fully saturated rings. The number of rotatable bonds is 3. The number of fused-ring (bicyclic) bond motifs is 3. The van der Waals surface area contributed by atoms with Gasteiger partial charge in [-0.15, -0.1) is 11.6 Å². The van der Waals surface area contributed by atoms with E-state index in [2.05, 4.69) is 4.98 Å². The van der Waals surface area contributed by atoms with Crippen molar-refractivity contribution in [2.75, 3.05) is 13.0 Å². The van der Waals surface area contributed by atoms with Crippen LogP contribution in [0.1, 0.15) is 22.9 Å². The molecule has 1 N–H and O–H groups in total. The maximum Gasteiger partial charge on any atom is 0.328 e. The Morgan fingerprint density at radius 3 is 2.48 bits per heavy atom. The molecule has 2 heterocycles. The predicted molar refractivity (Wildman–Crippen MR) is 114 cm³/mol. The molecule has 0 saturated heterocycles. The van der Waals surface area contributed by atoms with Crippen molar-refractivity contribution in [3.8, 4) is 0 Å². The standard InChI is InChI=1S/C21H17Cl3N2O3/c1-29-21(28)16-9-12-11-5-2-3-8-15(11)25-19(12)20(26(16)17(27)10-22)18-13(23)6-4-7-14(18)24/h2-8,16,20,25H,9-10H2,1H3. The van der Waals surface area contributed by atoms with E-state index in [4.69, 9.17) is 39.5 Å². The smallest absolute Gasteiger partial charge is 0.328 e. The van der Waals surface area contributed by atoms with Crippen LogP contribution < -0.4 is 0 Å². The minimum Gasteiger partial charge on any atom is -0.467 e. The van der Waals surface area contributed by atoms with E-state index in [0.717, 1.165) is 22.2 Å². The largest absolute Gasteiger partial charge is 0.467 e. The number of hydrogen-bond donors (Lipinski definition) is 1. The summed E-state index contributed by atoms with van der Waals surface area (Å²) in [6, 6.07) is 11.3. The molecule has 0 spiro atoms. The number of halogens is 3. The Bertz CT molecular complexity index is 1090. The Morgan fingerprint density at radius 2 is 1.83 bits per heavy atom. The number of aromatic nitrogens is 1. The van der Waals surface area contributed by atoms with Gasteiger partial charge in [-0.2, -0.15) is 0 Å². The highest BCUT2D eigenvalue weighted by molar-refractivity contribution is 6.36. The van der Waals surface area contributed by atoms with Crippen LogP contribution in [-0.2, 0) is 20.7 Å². The van der Waals surface area contributed by atoms with Crippen molar-refractivity contribution >= 4 is 57.6 Å². The Balaban J connectivity index is 2.05. The van der Waals surface area contributed by atoms with Crippen LogP contribution in [0.5, 0.6) is 0 Å². The van der Waals surface area contributed by atoms with Crippen molar-refractivity contribution < 1.29 is 14.3 Å². The third kappa shape index (κ3) is 3.27. The predicted octanol–water partition coefficient (Wildman–Crippen LogP) is 4.73. The Labute approximate surface area is 182 Å². The lowest BCUT2D eigenvalue weighted by Crippen LogP contribution is -2.52. The second-order valence-corrected chi connectivity index (χ2v) is 7.86. The number of esters is 1. The second-order valence-electron chi connectivity index (χ2n) is 6.78. The van der Waals surface area contributed by atoms with Gasteiger partial charge in [-0.1, -0.05) is 47.5 Å². The number of carbonyl (C=O) groups is 2. The van der Waals surface area contributed by atoms with Gasteiger partial charge in [0.2, 0.25) is 5.91 Å². The van der Waals surface area contributed by atoms with Crippen molar-refractivity contribution in [1.82, 2.24) is 9.88 Å². The Morgan fingerprint density at radius 1 is 1.14 bits per heavy atom. The SMILES string of the molecule is COC(=O)C1Cc2c([nH]c3ccccc23)C(c2c(Cl)cccc2Cl)N1C(=O)CCl. The highest BCUT2D eigenvalue weighted by Crippen LogP contribution is 2.45. The van der Waals surface area contributed by atoms with Crippen molar-refractivity contribution in [2.24, 2.45) is 0 Å². The normalized spacial score (nSPS) is 18.6. The minimum atomic E-state index is -0.852. The third-order valence-electron chi connectivity index (χ3n) is 5.28. The van der Waals surface area contributed by atoms with E-state index in [9.17, 15) is 9.59 Å². The molecule has 1 aliphatic heterocycles. The summed E-state index contributed by atoms with van der Waals surface area (Å²) >= 11 is 19.0. The lowest BCUT2D eigenvalue weighted by molar-refractivity contribution is -0.154. The van der Waals surface area contributed by atoms with Gasteiger partial charge in [0.05, 0.1) is 7.11 Å². The maximum atomic E-state index is 12.9. The number of alkyl halides is 1. The van der Waals surface area contributed by atoms with Gasteiger partial charge in [-0.3, -0.25) is 4.79 Å². The molecule has 0 aliphatic carbocycles. The van der Waals surface area contributed by atoms with Crippen molar-refractivity contribution in [3.63, 3.8) is 0 Å². The molecule has 1 aromatic heterocycles. The Hall–Kier alpha value is -2.21. The maximum absolute atomic E-state index is 12.9. The summed E-state index contributed by atoms with van der Waals surface area (Å²) < 4.78 is 5.01. The number of H-pyrrole nitrogens is 1. The monoisotopic (exact) mass is 450 g/mol. The molecular formula is C21H17Cl3N2O3. The third-order valence-corrected chi connectivity index (χ3v) is 6.17. The molecule has 2 atom stereocenters. The molecule has 3 aromatic rings. The van der Waals surface area contributed by atoms with Crippen LogP contribution in [0.25, 0.3) is 10.9 Å². The first-order valence-electron chi connectivity index (χ1n) is 8.96. The van der Waals surface area contributed by atoms with Gasteiger partial charge >= 0.3 is 5.97 Å². The molecule has 0 radical (unpaired) electrons. The zero-order chi connectivity index (χ0) is 20.7. The van der Waals surface area contributed by atoms with Crippen LogP contribution in [0.3, 0.4) is 0 Å². The number of ether oxygens (including phenoxy) is 1. The molecule has 8 heteroatoms. The average Bonchev–Trinajstić information content (AvgIpc) is 3.10. The van der Waals surface area contributed by atoms with E-state index < -0.39 is 24.0 Å². The summed E-state index contributed by atoms with van der Waals surface area (Å²) in [5.74, 6) is -1.22. The van der Waals surface area contributed by atoms with Crippen LogP contribution in [-0.4, -0.2) is 40.8 Å². The van der Waals surface area contributed by atoms with Gasteiger partial charge in [0.1, 0.15) is 18.0 Å². The molecule has 0 saturated carbocycles. The van der Waals surface area contributed by atoms with Crippen molar-refractivity contribution in [3.05, 3.63) is 69.3 Å². The average molecular weight is 452 g/mol. The van der Waals surface area contributed by atoms with Crippen LogP contribution in [0.15, 0.2) is 42.5 Å². The fourth-order valence-electron chi connectivity index (χ4n) is 4.06. The first-order valence-corrected chi connectivity index (χ1v) is 10.2. The molecule has 2 aromatic carbocycles. The van der Waals surface area contributed by atoms with Gasteiger partial charge in [-0.25, -0.2) is 4.79 Å². The lowest BCUT2D eigenvalue weighted by atomic mass is 9.87. The number of aromatic amines is 1. The van der Waals surface area contributed by atoms with E-state index in [1.807, 2.05) is 24.3 Å². The highest BCUT2D eigenvalue weighted by Gasteiger charge is 2.44. The van der Waals surface area contributed by atoms with Gasteiger partial charge in [0, 0.05) is 38.6 Å². The zero-order valence-corrected chi connectivity index (χ0v) is 17.7. The quantitative estimate of drug-likeness (QED) is 0.462. The summed E-state index contributed by atoms with van der Waals surface area (Å²) in [7, 11) is 1.30. The van der Waals surface area contributed by atoms with Crippen LogP contribution in [0.4, 0.5) is 0 Å². The van der Waals surface area contributed by atoms with E-state index in [1.165, 1.54) is 12.0 Å². The van der Waals surface area contributed by atoms with Gasteiger partial charge in [-0.05, 0) is 23.8 Å². The van der Waals surface area contributed by atoms with Crippen LogP contribution in [0.2, 0.25) is 10.0 Å². The molecule has 5 nitrogen and oxygen atoms in total. The van der Waals surface area contributed by atoms with Crippen LogP contribution in [0, 0.1) is 0 Å². The molecule has 2 unspecified atom stereocenters. The van der Waals surface area contributed by atoms with Gasteiger partial charge < -0.3 is 14.6 Å². The van der Waals surface area contributed by atoms with E-state index >= 15 is 0 Å². The van der Waals surface area contributed by atoms with Crippen molar-refractivity contribution in [1.29, 1.82) is 0 Å². The number of methoxy groups -OCH3 is 1. The van der Waals surface area contributed by atoms with Gasteiger partial charge in [0.25, 0.3) is 0 Å². The number of nitrogens with one attached hydrogen (secondary N) is 1. The van der Waals surface area contributed by atoms with E-state index in [-0.39, 0.29) is 5.88 Å². The Kier molecular flexibility index (Phi) is 5.47. The minimum absolute atomic E-state index is 0.290. The second kappa shape index (κ2) is 7.90. The molecule has 1 amide bonds. The van der Waals surface area contributed by atoms with E-state index in [0.29, 0.717) is 22.0 Å². The van der Waals surface area contributed by atoms with Gasteiger partial charge in [0.15, 0.2) is 0 Å². The number of amides is 1. The summed E-state index contributed by atoms with van der Waals surface area (Å²) in [6.45, 7) is 0. The van der Waals surface area contributed by atoms with E-state index in [1.54, 1.807) is 18.2 Å². The number of carbonyl (C=O) groups excluding carboxylic acids is 2. The molecular weight excluding hydrogens is 435 g/mol. The fourth-order valence-corrected chi connectivity index (χ4v) is 4.80. The molecule has 0 bridgehead atoms. The first-order chi connectivity index (χ1) is 14.0.